The first-order valence-electron chi connectivity index (χ1n) is 13.2. The number of piperazine rings is 1. The number of benzene rings is 2. The highest BCUT2D eigenvalue weighted by atomic mass is 32.2. The summed E-state index contributed by atoms with van der Waals surface area (Å²) in [6.07, 6.45) is 9.22. The number of rotatable bonds is 11. The number of nitrogens with zero attached hydrogens (tertiary/aromatic N) is 2. The molecule has 1 unspecified atom stereocenters. The van der Waals surface area contributed by atoms with E-state index in [9.17, 15) is 4.79 Å². The van der Waals surface area contributed by atoms with Crippen LogP contribution < -0.4 is 0 Å². The van der Waals surface area contributed by atoms with Crippen molar-refractivity contribution in [3.63, 3.8) is 0 Å². The third kappa shape index (κ3) is 7.51. The lowest BCUT2D eigenvalue weighted by atomic mass is 9.96. The largest absolute Gasteiger partial charge is 0.466 e. The molecule has 190 valence electrons. The summed E-state index contributed by atoms with van der Waals surface area (Å²) in [6.45, 7) is 8.06. The minimum absolute atomic E-state index is 0.0271. The minimum Gasteiger partial charge on any atom is -0.466 e. The highest BCUT2D eigenvalue weighted by molar-refractivity contribution is 7.99. The van der Waals surface area contributed by atoms with Gasteiger partial charge in [-0.2, -0.15) is 0 Å². The Balaban J connectivity index is 1.29. The monoisotopic (exact) mass is 512 g/mol. The summed E-state index contributed by atoms with van der Waals surface area (Å²) >= 11 is 3.75. The van der Waals surface area contributed by atoms with Gasteiger partial charge in [-0.25, -0.2) is 0 Å². The zero-order valence-corrected chi connectivity index (χ0v) is 23.0. The molecule has 2 aliphatic rings. The fourth-order valence-electron chi connectivity index (χ4n) is 5.08. The van der Waals surface area contributed by atoms with Crippen molar-refractivity contribution in [2.75, 3.05) is 45.6 Å². The van der Waals surface area contributed by atoms with Crippen molar-refractivity contribution in [3.8, 4) is 0 Å². The number of esters is 1. The van der Waals surface area contributed by atoms with Crippen molar-refractivity contribution in [3.05, 3.63) is 53.6 Å². The summed E-state index contributed by atoms with van der Waals surface area (Å²) in [4.78, 5) is 21.3. The number of carbonyl (C=O) groups is 1. The summed E-state index contributed by atoms with van der Waals surface area (Å²) in [5, 5.41) is 0. The summed E-state index contributed by atoms with van der Waals surface area (Å²) in [5.74, 6) is -0.0271. The molecule has 0 spiro atoms. The Labute approximate surface area is 220 Å². The first-order valence-corrected chi connectivity index (χ1v) is 15.3. The molecule has 1 atom stereocenters. The first-order chi connectivity index (χ1) is 17.2. The smallest absolute Gasteiger partial charge is 0.305 e. The van der Waals surface area contributed by atoms with Crippen molar-refractivity contribution < 1.29 is 9.53 Å². The number of ether oxygens (including phenoxy) is 1. The Hall–Kier alpha value is -1.47. The van der Waals surface area contributed by atoms with Crippen LogP contribution in [0, 0.1) is 0 Å². The van der Waals surface area contributed by atoms with E-state index in [1.807, 2.05) is 23.5 Å². The van der Waals surface area contributed by atoms with E-state index in [1.54, 1.807) is 0 Å². The van der Waals surface area contributed by atoms with Gasteiger partial charge in [0.2, 0.25) is 0 Å². The molecule has 35 heavy (non-hydrogen) atoms. The van der Waals surface area contributed by atoms with E-state index in [0.717, 1.165) is 58.4 Å². The van der Waals surface area contributed by atoms with E-state index < -0.39 is 0 Å². The van der Waals surface area contributed by atoms with Crippen molar-refractivity contribution in [1.82, 2.24) is 9.80 Å². The van der Waals surface area contributed by atoms with Gasteiger partial charge in [-0.05, 0) is 60.9 Å². The van der Waals surface area contributed by atoms with Crippen LogP contribution in [0.3, 0.4) is 0 Å². The zero-order chi connectivity index (χ0) is 24.5. The third-order valence-corrected chi connectivity index (χ3v) is 9.08. The van der Waals surface area contributed by atoms with Crippen LogP contribution in [0.4, 0.5) is 0 Å². The van der Waals surface area contributed by atoms with Gasteiger partial charge in [0.25, 0.3) is 0 Å². The number of hydrogen-bond donors (Lipinski definition) is 0. The molecule has 0 bridgehead atoms. The molecule has 2 aromatic carbocycles. The molecule has 0 N–H and O–H groups in total. The molecule has 0 saturated carbocycles. The van der Waals surface area contributed by atoms with Gasteiger partial charge >= 0.3 is 5.97 Å². The second-order valence-corrected chi connectivity index (χ2v) is 11.6. The molecule has 4 nitrogen and oxygen atoms in total. The molecular weight excluding hydrogens is 472 g/mol. The lowest BCUT2D eigenvalue weighted by molar-refractivity contribution is -0.144. The Bertz CT molecular complexity index is 959. The quantitative estimate of drug-likeness (QED) is 0.190. The molecule has 2 aliphatic heterocycles. The van der Waals surface area contributed by atoms with E-state index in [2.05, 4.69) is 65.4 Å². The van der Waals surface area contributed by atoms with Crippen molar-refractivity contribution in [2.45, 2.75) is 72.6 Å². The molecule has 0 aromatic heterocycles. The van der Waals surface area contributed by atoms with Crippen LogP contribution in [0.2, 0.25) is 0 Å². The van der Waals surface area contributed by atoms with Gasteiger partial charge in [0.15, 0.2) is 0 Å². The molecule has 1 fully saturated rings. The number of hydrogen-bond acceptors (Lipinski definition) is 6. The SMILES string of the molecule is CCCCCCC(=O)OCCCN1CCN(C2Cc3ccccc3Sc3ccc(SC)cc32)CC1. The van der Waals surface area contributed by atoms with Crippen LogP contribution in [0.5, 0.6) is 0 Å². The van der Waals surface area contributed by atoms with Crippen LogP contribution in [0.1, 0.15) is 62.6 Å². The maximum Gasteiger partial charge on any atom is 0.305 e. The van der Waals surface area contributed by atoms with Gasteiger partial charge in [-0.15, -0.1) is 11.8 Å². The zero-order valence-electron chi connectivity index (χ0n) is 21.3. The maximum absolute atomic E-state index is 11.9. The molecule has 0 aliphatic carbocycles. The van der Waals surface area contributed by atoms with E-state index in [0.29, 0.717) is 19.1 Å². The van der Waals surface area contributed by atoms with Gasteiger partial charge < -0.3 is 9.64 Å². The fraction of sp³-hybridized carbons (Fsp3) is 0.552. The van der Waals surface area contributed by atoms with E-state index in [-0.39, 0.29) is 5.97 Å². The van der Waals surface area contributed by atoms with Crippen molar-refractivity contribution >= 4 is 29.5 Å². The number of unbranched alkanes of at least 4 members (excludes halogenated alkanes) is 3. The van der Waals surface area contributed by atoms with Crippen LogP contribution in [0.25, 0.3) is 0 Å². The summed E-state index contributed by atoms with van der Waals surface area (Å²) in [7, 11) is 0. The second-order valence-electron chi connectivity index (χ2n) is 9.60. The summed E-state index contributed by atoms with van der Waals surface area (Å²) in [5.41, 5.74) is 2.95. The number of fused-ring (bicyclic) bond motifs is 2. The Morgan fingerprint density at radius 1 is 1.03 bits per heavy atom. The lowest BCUT2D eigenvalue weighted by Crippen LogP contribution is -2.48. The molecule has 2 aromatic rings. The Kier molecular flexibility index (Phi) is 10.4. The van der Waals surface area contributed by atoms with Gasteiger partial charge in [-0.3, -0.25) is 9.69 Å². The Morgan fingerprint density at radius 2 is 1.86 bits per heavy atom. The number of carbonyl (C=O) groups excluding carboxylic acids is 1. The normalized spacial score (nSPS) is 18.5. The third-order valence-electron chi connectivity index (χ3n) is 7.15. The molecule has 2 heterocycles. The molecule has 0 radical (unpaired) electrons. The average molecular weight is 513 g/mol. The van der Waals surface area contributed by atoms with Crippen molar-refractivity contribution in [2.24, 2.45) is 0 Å². The standard InChI is InChI=1S/C29H40N2O2S2/c1-3-4-5-6-12-29(32)33-20-9-15-30-16-18-31(19-17-30)26-21-23-10-7-8-11-27(23)35-28-14-13-24(34-2)22-25(26)28/h7-8,10-11,13-14,22,26H,3-6,9,12,15-21H2,1-2H3. The van der Waals surface area contributed by atoms with Gasteiger partial charge in [0.05, 0.1) is 6.61 Å². The first kappa shape index (κ1) is 26.6. The van der Waals surface area contributed by atoms with Gasteiger partial charge in [0.1, 0.15) is 0 Å². The summed E-state index contributed by atoms with van der Waals surface area (Å²) in [6, 6.07) is 16.3. The Morgan fingerprint density at radius 3 is 2.66 bits per heavy atom. The van der Waals surface area contributed by atoms with E-state index in [1.165, 1.54) is 38.7 Å². The second kappa shape index (κ2) is 13.7. The molecule has 0 amide bonds. The fourth-order valence-corrected chi connectivity index (χ4v) is 6.65. The van der Waals surface area contributed by atoms with Crippen LogP contribution >= 0.6 is 23.5 Å². The van der Waals surface area contributed by atoms with Crippen molar-refractivity contribution in [1.29, 1.82) is 0 Å². The number of thioether (sulfide) groups is 1. The molecular formula is C29H40N2O2S2. The predicted molar refractivity (Wildman–Crippen MR) is 148 cm³/mol. The molecule has 4 rings (SSSR count). The highest BCUT2D eigenvalue weighted by Gasteiger charge is 2.30. The predicted octanol–water partition coefficient (Wildman–Crippen LogP) is 6.68. The highest BCUT2D eigenvalue weighted by Crippen LogP contribution is 2.44. The summed E-state index contributed by atoms with van der Waals surface area (Å²) < 4.78 is 5.46. The lowest BCUT2D eigenvalue weighted by Gasteiger charge is -2.39. The molecule has 1 saturated heterocycles. The maximum atomic E-state index is 11.9. The minimum atomic E-state index is -0.0271. The topological polar surface area (TPSA) is 32.8 Å². The average Bonchev–Trinajstić information content (AvgIpc) is 3.06. The van der Waals surface area contributed by atoms with Gasteiger partial charge in [-0.1, -0.05) is 56.1 Å². The van der Waals surface area contributed by atoms with E-state index in [4.69, 9.17) is 4.74 Å². The van der Waals surface area contributed by atoms with Crippen LogP contribution in [0.15, 0.2) is 57.2 Å². The van der Waals surface area contributed by atoms with Crippen LogP contribution in [-0.2, 0) is 16.0 Å². The van der Waals surface area contributed by atoms with Crippen LogP contribution in [-0.4, -0.2) is 61.4 Å². The molecule has 6 heteroatoms. The van der Waals surface area contributed by atoms with E-state index >= 15 is 0 Å². The van der Waals surface area contributed by atoms with Gasteiger partial charge in [0, 0.05) is 59.9 Å².